The standard InChI is InChI=1S/C12H16BrFN2O2S/c13-10-5-2-1-4-9(10)8-16-19(17,18)12-11(14)6-3-7-15-12/h3,6-7,9-10,16H,1-2,4-5,8H2. The lowest BCUT2D eigenvalue weighted by atomic mass is 9.89. The fraction of sp³-hybridized carbons (Fsp3) is 0.583. The number of nitrogens with zero attached hydrogens (tertiary/aromatic N) is 1. The highest BCUT2D eigenvalue weighted by Crippen LogP contribution is 2.29. The number of nitrogens with one attached hydrogen (secondary N) is 1. The molecule has 1 saturated carbocycles. The highest BCUT2D eigenvalue weighted by Gasteiger charge is 2.26. The largest absolute Gasteiger partial charge is 0.261 e. The number of alkyl halides is 1. The van der Waals surface area contributed by atoms with Gasteiger partial charge in [0.15, 0.2) is 5.82 Å². The van der Waals surface area contributed by atoms with Gasteiger partial charge < -0.3 is 0 Å². The zero-order chi connectivity index (χ0) is 13.9. The number of sulfonamides is 1. The summed E-state index contributed by atoms with van der Waals surface area (Å²) in [6.07, 6.45) is 5.56. The Balaban J connectivity index is 2.04. The number of rotatable bonds is 4. The molecular formula is C12H16BrFN2O2S. The summed E-state index contributed by atoms with van der Waals surface area (Å²) < 4.78 is 39.8. The van der Waals surface area contributed by atoms with Crippen molar-refractivity contribution in [2.45, 2.75) is 35.5 Å². The van der Waals surface area contributed by atoms with Gasteiger partial charge in [-0.1, -0.05) is 28.8 Å². The third-order valence-electron chi connectivity index (χ3n) is 3.33. The maximum Gasteiger partial charge on any atom is 0.261 e. The third-order valence-corrected chi connectivity index (χ3v) is 5.89. The third kappa shape index (κ3) is 3.73. The van der Waals surface area contributed by atoms with Crippen LogP contribution in [-0.4, -0.2) is 24.8 Å². The highest BCUT2D eigenvalue weighted by molar-refractivity contribution is 9.09. The van der Waals surface area contributed by atoms with Gasteiger partial charge in [0, 0.05) is 17.6 Å². The van der Waals surface area contributed by atoms with Crippen molar-refractivity contribution in [3.8, 4) is 0 Å². The molecule has 1 aliphatic carbocycles. The molecule has 1 aromatic rings. The summed E-state index contributed by atoms with van der Waals surface area (Å²) in [5.74, 6) is -0.579. The van der Waals surface area contributed by atoms with E-state index in [2.05, 4.69) is 25.6 Å². The first-order valence-corrected chi connectivity index (χ1v) is 8.65. The molecule has 2 unspecified atom stereocenters. The van der Waals surface area contributed by atoms with Crippen LogP contribution in [0.1, 0.15) is 25.7 Å². The molecule has 1 N–H and O–H groups in total. The molecule has 0 saturated heterocycles. The minimum absolute atomic E-state index is 0.246. The topological polar surface area (TPSA) is 59.1 Å². The number of aromatic nitrogens is 1. The van der Waals surface area contributed by atoms with Crippen LogP contribution < -0.4 is 4.72 Å². The Bertz CT molecular complexity index is 538. The van der Waals surface area contributed by atoms with Crippen molar-refractivity contribution in [3.05, 3.63) is 24.1 Å². The molecule has 0 radical (unpaired) electrons. The van der Waals surface area contributed by atoms with Crippen LogP contribution in [-0.2, 0) is 10.0 Å². The van der Waals surface area contributed by atoms with Gasteiger partial charge in [0.2, 0.25) is 5.03 Å². The van der Waals surface area contributed by atoms with Gasteiger partial charge in [-0.05, 0) is 30.9 Å². The quantitative estimate of drug-likeness (QED) is 0.848. The van der Waals surface area contributed by atoms with E-state index in [-0.39, 0.29) is 5.92 Å². The van der Waals surface area contributed by atoms with E-state index in [4.69, 9.17) is 0 Å². The maximum atomic E-state index is 13.4. The molecule has 0 amide bonds. The molecule has 0 spiro atoms. The van der Waals surface area contributed by atoms with Crippen LogP contribution in [0.25, 0.3) is 0 Å². The van der Waals surface area contributed by atoms with Crippen molar-refractivity contribution in [1.29, 1.82) is 0 Å². The summed E-state index contributed by atoms with van der Waals surface area (Å²) >= 11 is 3.57. The first kappa shape index (κ1) is 14.9. The van der Waals surface area contributed by atoms with Crippen molar-refractivity contribution in [1.82, 2.24) is 9.71 Å². The summed E-state index contributed by atoms with van der Waals surface area (Å²) in [5, 5.41) is -0.531. The Labute approximate surface area is 121 Å². The molecule has 1 aliphatic rings. The normalized spacial score (nSPS) is 24.3. The molecule has 2 atom stereocenters. The van der Waals surface area contributed by atoms with Crippen molar-refractivity contribution >= 4 is 26.0 Å². The Kier molecular flexibility index (Phi) is 4.92. The predicted molar refractivity (Wildman–Crippen MR) is 74.1 cm³/mol. The lowest BCUT2D eigenvalue weighted by Crippen LogP contribution is -2.35. The van der Waals surface area contributed by atoms with Crippen LogP contribution in [0, 0.1) is 11.7 Å². The number of hydrogen-bond acceptors (Lipinski definition) is 3. The van der Waals surface area contributed by atoms with Crippen LogP contribution in [0.2, 0.25) is 0 Å². The van der Waals surface area contributed by atoms with E-state index in [9.17, 15) is 12.8 Å². The van der Waals surface area contributed by atoms with Crippen LogP contribution in [0.4, 0.5) is 4.39 Å². The summed E-state index contributed by atoms with van der Waals surface area (Å²) in [6.45, 7) is 0.314. The van der Waals surface area contributed by atoms with Crippen LogP contribution in [0.3, 0.4) is 0 Å². The van der Waals surface area contributed by atoms with E-state index < -0.39 is 20.9 Å². The molecule has 19 heavy (non-hydrogen) atoms. The highest BCUT2D eigenvalue weighted by atomic mass is 79.9. The second-order valence-electron chi connectivity index (χ2n) is 4.70. The molecule has 0 bridgehead atoms. The minimum atomic E-state index is -3.87. The summed E-state index contributed by atoms with van der Waals surface area (Å²) in [5.41, 5.74) is 0. The Morgan fingerprint density at radius 2 is 2.16 bits per heavy atom. The molecule has 1 heterocycles. The number of hydrogen-bond donors (Lipinski definition) is 1. The fourth-order valence-electron chi connectivity index (χ4n) is 2.25. The molecule has 0 aliphatic heterocycles. The second-order valence-corrected chi connectivity index (χ2v) is 7.56. The second kappa shape index (κ2) is 6.28. The lowest BCUT2D eigenvalue weighted by Gasteiger charge is -2.27. The van der Waals surface area contributed by atoms with Gasteiger partial charge in [0.1, 0.15) is 0 Å². The molecule has 4 nitrogen and oxygen atoms in total. The van der Waals surface area contributed by atoms with Gasteiger partial charge >= 0.3 is 0 Å². The van der Waals surface area contributed by atoms with Crippen molar-refractivity contribution < 1.29 is 12.8 Å². The lowest BCUT2D eigenvalue weighted by molar-refractivity contribution is 0.372. The van der Waals surface area contributed by atoms with E-state index in [1.54, 1.807) is 0 Å². The van der Waals surface area contributed by atoms with Crippen LogP contribution in [0.5, 0.6) is 0 Å². The molecule has 7 heteroatoms. The van der Waals surface area contributed by atoms with E-state index >= 15 is 0 Å². The molecule has 106 valence electrons. The Hall–Kier alpha value is -0.530. The Morgan fingerprint density at radius 3 is 2.84 bits per heavy atom. The smallest absolute Gasteiger partial charge is 0.241 e. The van der Waals surface area contributed by atoms with Gasteiger partial charge in [0.25, 0.3) is 10.0 Å². The van der Waals surface area contributed by atoms with Gasteiger partial charge in [-0.25, -0.2) is 22.5 Å². The SMILES string of the molecule is O=S(=O)(NCC1CCCCC1Br)c1ncccc1F. The maximum absolute atomic E-state index is 13.4. The summed E-state index contributed by atoms with van der Waals surface area (Å²) in [6, 6.07) is 2.46. The fourth-order valence-corrected chi connectivity index (χ4v) is 4.12. The van der Waals surface area contributed by atoms with Crippen LogP contribution >= 0.6 is 15.9 Å². The average Bonchev–Trinajstić information content (AvgIpc) is 2.38. The zero-order valence-corrected chi connectivity index (χ0v) is 12.8. The van der Waals surface area contributed by atoms with Gasteiger partial charge in [-0.15, -0.1) is 0 Å². The van der Waals surface area contributed by atoms with Gasteiger partial charge in [-0.3, -0.25) is 0 Å². The first-order chi connectivity index (χ1) is 9.00. The number of halogens is 2. The van der Waals surface area contributed by atoms with Gasteiger partial charge in [-0.2, -0.15) is 0 Å². The predicted octanol–water partition coefficient (Wildman–Crippen LogP) is 2.45. The van der Waals surface area contributed by atoms with E-state index in [0.29, 0.717) is 11.4 Å². The molecule has 1 aromatic heterocycles. The monoisotopic (exact) mass is 350 g/mol. The number of pyridine rings is 1. The van der Waals surface area contributed by atoms with Gasteiger partial charge in [0.05, 0.1) is 0 Å². The molecule has 0 aromatic carbocycles. The first-order valence-electron chi connectivity index (χ1n) is 6.25. The van der Waals surface area contributed by atoms with Crippen molar-refractivity contribution in [2.75, 3.05) is 6.54 Å². The van der Waals surface area contributed by atoms with Crippen LogP contribution in [0.15, 0.2) is 23.4 Å². The average molecular weight is 351 g/mol. The Morgan fingerprint density at radius 1 is 1.42 bits per heavy atom. The summed E-state index contributed by atoms with van der Waals surface area (Å²) in [7, 11) is -3.87. The van der Waals surface area contributed by atoms with E-state index in [1.807, 2.05) is 0 Å². The minimum Gasteiger partial charge on any atom is -0.241 e. The molecule has 2 rings (SSSR count). The van der Waals surface area contributed by atoms with E-state index in [0.717, 1.165) is 31.7 Å². The molecule has 1 fully saturated rings. The molecular weight excluding hydrogens is 335 g/mol. The van der Waals surface area contributed by atoms with Crippen molar-refractivity contribution in [3.63, 3.8) is 0 Å². The summed E-state index contributed by atoms with van der Waals surface area (Å²) in [4.78, 5) is 3.91. The zero-order valence-electron chi connectivity index (χ0n) is 10.4. The van der Waals surface area contributed by atoms with E-state index in [1.165, 1.54) is 12.3 Å². The van der Waals surface area contributed by atoms with Crippen molar-refractivity contribution in [2.24, 2.45) is 5.92 Å².